The Morgan fingerprint density at radius 1 is 1.05 bits per heavy atom. The molecule has 2 fully saturated rings. The van der Waals surface area contributed by atoms with Crippen LogP contribution in [0.1, 0.15) is 36.8 Å². The fraction of sp³-hybridized carbons (Fsp3) is 0.625. The molecule has 3 rings (SSSR count). The highest BCUT2D eigenvalue weighted by atomic mass is 35.5. The van der Waals surface area contributed by atoms with Crippen molar-refractivity contribution >= 4 is 12.4 Å². The molecule has 0 saturated carbocycles. The summed E-state index contributed by atoms with van der Waals surface area (Å²) in [4.78, 5) is 0. The first-order chi connectivity index (χ1) is 9.35. The molecule has 1 aromatic rings. The van der Waals surface area contributed by atoms with Crippen LogP contribution < -0.4 is 5.32 Å². The van der Waals surface area contributed by atoms with Gasteiger partial charge >= 0.3 is 0 Å². The zero-order valence-electron chi connectivity index (χ0n) is 12.0. The molecule has 2 aliphatic rings. The molecule has 1 aromatic carbocycles. The van der Waals surface area contributed by atoms with E-state index in [1.54, 1.807) is 7.11 Å². The minimum absolute atomic E-state index is 0. The van der Waals surface area contributed by atoms with Crippen molar-refractivity contribution in [2.45, 2.75) is 57.1 Å². The molecule has 1 N–H and O–H groups in total. The number of benzene rings is 1. The first kappa shape index (κ1) is 15.8. The van der Waals surface area contributed by atoms with E-state index in [1.807, 2.05) is 0 Å². The van der Waals surface area contributed by atoms with Crippen LogP contribution in [-0.2, 0) is 22.7 Å². The predicted molar refractivity (Wildman–Crippen MR) is 82.2 cm³/mol. The number of nitrogens with one attached hydrogen (secondary N) is 1. The summed E-state index contributed by atoms with van der Waals surface area (Å²) in [6.45, 7) is 1.38. The van der Waals surface area contributed by atoms with Crippen molar-refractivity contribution in [1.82, 2.24) is 5.32 Å². The summed E-state index contributed by atoms with van der Waals surface area (Å²) in [6.07, 6.45) is 5.41. The average molecular weight is 298 g/mol. The standard InChI is InChI=1S/C16H23NO2.ClH/c1-18-10-12-4-2-3-5-13(12)11-19-16-8-14-6-7-15(9-16)17-14;/h2-5,14-17H,6-11H2,1H3;1H/t14-,15+,16?;. The van der Waals surface area contributed by atoms with Crippen molar-refractivity contribution in [3.05, 3.63) is 35.4 Å². The molecule has 2 heterocycles. The van der Waals surface area contributed by atoms with Gasteiger partial charge in [-0.3, -0.25) is 0 Å². The highest BCUT2D eigenvalue weighted by molar-refractivity contribution is 5.85. The number of halogens is 1. The van der Waals surface area contributed by atoms with Crippen molar-refractivity contribution in [3.8, 4) is 0 Å². The smallest absolute Gasteiger partial charge is 0.0724 e. The van der Waals surface area contributed by atoms with Crippen molar-refractivity contribution in [2.75, 3.05) is 7.11 Å². The summed E-state index contributed by atoms with van der Waals surface area (Å²) < 4.78 is 11.4. The molecule has 2 bridgehead atoms. The lowest BCUT2D eigenvalue weighted by molar-refractivity contribution is 0.00835. The molecular weight excluding hydrogens is 274 g/mol. The molecule has 2 saturated heterocycles. The molecule has 0 amide bonds. The van der Waals surface area contributed by atoms with Gasteiger partial charge in [-0.1, -0.05) is 24.3 Å². The van der Waals surface area contributed by atoms with E-state index in [-0.39, 0.29) is 12.4 Å². The zero-order chi connectivity index (χ0) is 13.1. The van der Waals surface area contributed by atoms with Crippen LogP contribution >= 0.6 is 12.4 Å². The third-order valence-corrected chi connectivity index (χ3v) is 4.32. The summed E-state index contributed by atoms with van der Waals surface area (Å²) in [5.41, 5.74) is 2.50. The number of hydrogen-bond acceptors (Lipinski definition) is 3. The van der Waals surface area contributed by atoms with E-state index >= 15 is 0 Å². The van der Waals surface area contributed by atoms with Crippen molar-refractivity contribution < 1.29 is 9.47 Å². The van der Waals surface area contributed by atoms with E-state index in [9.17, 15) is 0 Å². The van der Waals surface area contributed by atoms with Crippen LogP contribution in [0.5, 0.6) is 0 Å². The lowest BCUT2D eigenvalue weighted by Crippen LogP contribution is -2.41. The van der Waals surface area contributed by atoms with Gasteiger partial charge in [0, 0.05) is 19.2 Å². The van der Waals surface area contributed by atoms with Gasteiger partial charge in [-0.2, -0.15) is 0 Å². The quantitative estimate of drug-likeness (QED) is 0.906. The minimum atomic E-state index is 0. The lowest BCUT2D eigenvalue weighted by atomic mass is 10.0. The van der Waals surface area contributed by atoms with Gasteiger partial charge in [-0.05, 0) is 36.8 Å². The molecule has 3 nitrogen and oxygen atoms in total. The number of hydrogen-bond donors (Lipinski definition) is 1. The van der Waals surface area contributed by atoms with Crippen LogP contribution in [0.2, 0.25) is 0 Å². The summed E-state index contributed by atoms with van der Waals surface area (Å²) >= 11 is 0. The number of ether oxygens (including phenoxy) is 2. The Labute approximate surface area is 127 Å². The summed E-state index contributed by atoms with van der Waals surface area (Å²) in [6, 6.07) is 9.78. The molecule has 0 aliphatic carbocycles. The van der Waals surface area contributed by atoms with Crippen molar-refractivity contribution in [1.29, 1.82) is 0 Å². The average Bonchev–Trinajstić information content (AvgIpc) is 2.77. The van der Waals surface area contributed by atoms with Gasteiger partial charge in [-0.15, -0.1) is 12.4 Å². The van der Waals surface area contributed by atoms with Crippen LogP contribution in [0.25, 0.3) is 0 Å². The molecule has 0 spiro atoms. The van der Waals surface area contributed by atoms with E-state index in [2.05, 4.69) is 29.6 Å². The van der Waals surface area contributed by atoms with Crippen LogP contribution in [0.4, 0.5) is 0 Å². The van der Waals surface area contributed by atoms with E-state index in [0.717, 1.165) is 0 Å². The van der Waals surface area contributed by atoms with Gasteiger partial charge in [0.15, 0.2) is 0 Å². The molecule has 0 aromatic heterocycles. The zero-order valence-corrected chi connectivity index (χ0v) is 12.8. The Kier molecular flexibility index (Phi) is 5.85. The van der Waals surface area contributed by atoms with E-state index < -0.39 is 0 Å². The minimum Gasteiger partial charge on any atom is -0.380 e. The summed E-state index contributed by atoms with van der Waals surface area (Å²) in [7, 11) is 1.74. The van der Waals surface area contributed by atoms with Gasteiger partial charge in [0.2, 0.25) is 0 Å². The monoisotopic (exact) mass is 297 g/mol. The summed E-state index contributed by atoms with van der Waals surface area (Å²) in [5.74, 6) is 0. The first-order valence-corrected chi connectivity index (χ1v) is 7.28. The SMILES string of the molecule is COCc1ccccc1COC1C[C@H]2CC[C@@H](C1)N2.Cl. The Morgan fingerprint density at radius 3 is 2.25 bits per heavy atom. The van der Waals surface area contributed by atoms with Gasteiger partial charge < -0.3 is 14.8 Å². The third-order valence-electron chi connectivity index (χ3n) is 4.32. The largest absolute Gasteiger partial charge is 0.380 e. The second kappa shape index (κ2) is 7.41. The molecular formula is C16H24ClNO2. The molecule has 0 radical (unpaired) electrons. The lowest BCUT2D eigenvalue weighted by Gasteiger charge is -2.29. The van der Waals surface area contributed by atoms with Crippen LogP contribution in [0.15, 0.2) is 24.3 Å². The van der Waals surface area contributed by atoms with Crippen molar-refractivity contribution in [2.24, 2.45) is 0 Å². The second-order valence-corrected chi connectivity index (χ2v) is 5.74. The number of rotatable bonds is 5. The van der Waals surface area contributed by atoms with E-state index in [1.165, 1.54) is 36.8 Å². The Morgan fingerprint density at radius 2 is 1.65 bits per heavy atom. The normalized spacial score (nSPS) is 28.1. The van der Waals surface area contributed by atoms with Gasteiger partial charge in [0.1, 0.15) is 0 Å². The van der Waals surface area contributed by atoms with E-state index in [0.29, 0.717) is 31.4 Å². The number of methoxy groups -OCH3 is 1. The highest BCUT2D eigenvalue weighted by Crippen LogP contribution is 2.29. The molecule has 20 heavy (non-hydrogen) atoms. The second-order valence-electron chi connectivity index (χ2n) is 5.74. The Bertz CT molecular complexity index is 415. The molecule has 2 aliphatic heterocycles. The van der Waals surface area contributed by atoms with E-state index in [4.69, 9.17) is 9.47 Å². The van der Waals surface area contributed by atoms with Crippen LogP contribution in [0.3, 0.4) is 0 Å². The fourth-order valence-electron chi connectivity index (χ4n) is 3.34. The fourth-order valence-corrected chi connectivity index (χ4v) is 3.34. The Balaban J connectivity index is 0.00000147. The number of piperidine rings is 1. The first-order valence-electron chi connectivity index (χ1n) is 7.28. The van der Waals surface area contributed by atoms with Gasteiger partial charge in [0.05, 0.1) is 19.3 Å². The number of fused-ring (bicyclic) bond motifs is 2. The van der Waals surface area contributed by atoms with Crippen LogP contribution in [0, 0.1) is 0 Å². The third kappa shape index (κ3) is 3.73. The maximum atomic E-state index is 6.14. The van der Waals surface area contributed by atoms with Gasteiger partial charge in [-0.25, -0.2) is 0 Å². The highest BCUT2D eigenvalue weighted by Gasteiger charge is 2.33. The maximum absolute atomic E-state index is 6.14. The topological polar surface area (TPSA) is 30.5 Å². The molecule has 112 valence electrons. The summed E-state index contributed by atoms with van der Waals surface area (Å²) in [5, 5.41) is 3.65. The van der Waals surface area contributed by atoms with Crippen LogP contribution in [-0.4, -0.2) is 25.3 Å². The molecule has 3 atom stereocenters. The predicted octanol–water partition coefficient (Wildman–Crippen LogP) is 3.05. The van der Waals surface area contributed by atoms with Gasteiger partial charge in [0.25, 0.3) is 0 Å². The Hall–Kier alpha value is -0.610. The maximum Gasteiger partial charge on any atom is 0.0724 e. The molecule has 1 unspecified atom stereocenters. The van der Waals surface area contributed by atoms with Crippen molar-refractivity contribution in [3.63, 3.8) is 0 Å². The molecule has 4 heteroatoms.